The number of benzene rings is 3. The van der Waals surface area contributed by atoms with Gasteiger partial charge in [0.25, 0.3) is 15.9 Å². The average molecular weight is 491 g/mol. The fourth-order valence-electron chi connectivity index (χ4n) is 3.70. The molecule has 5 rings (SSSR count). The number of para-hydroxylation sites is 1. The zero-order valence-electron chi connectivity index (χ0n) is 18.5. The quantitative estimate of drug-likeness (QED) is 0.411. The summed E-state index contributed by atoms with van der Waals surface area (Å²) in [6, 6.07) is 20.2. The third kappa shape index (κ3) is 4.97. The van der Waals surface area contributed by atoms with Crippen molar-refractivity contribution in [3.63, 3.8) is 0 Å². The van der Waals surface area contributed by atoms with Gasteiger partial charge in [-0.25, -0.2) is 13.1 Å². The molecule has 0 radical (unpaired) electrons. The molecule has 9 nitrogen and oxygen atoms in total. The van der Waals surface area contributed by atoms with Crippen LogP contribution in [0.2, 0.25) is 0 Å². The van der Waals surface area contributed by atoms with Crippen LogP contribution in [0.15, 0.2) is 90.1 Å². The van der Waals surface area contributed by atoms with Crippen LogP contribution in [0.3, 0.4) is 0 Å². The van der Waals surface area contributed by atoms with Crippen LogP contribution in [-0.4, -0.2) is 37.3 Å². The van der Waals surface area contributed by atoms with Crippen molar-refractivity contribution in [2.75, 3.05) is 17.9 Å². The second-order valence-electron chi connectivity index (χ2n) is 7.75. The number of hydrogen-bond donors (Lipinski definition) is 2. The van der Waals surface area contributed by atoms with Gasteiger partial charge < -0.3 is 14.8 Å². The largest absolute Gasteiger partial charge is 0.486 e. The zero-order valence-corrected chi connectivity index (χ0v) is 19.4. The number of nitrogens with one attached hydrogen (secondary N) is 2. The summed E-state index contributed by atoms with van der Waals surface area (Å²) in [6.45, 7) is 1.05. The van der Waals surface area contributed by atoms with Crippen molar-refractivity contribution in [3.05, 3.63) is 96.3 Å². The minimum Gasteiger partial charge on any atom is -0.486 e. The molecule has 4 aromatic rings. The van der Waals surface area contributed by atoms with E-state index < -0.39 is 10.0 Å². The topological polar surface area (TPSA) is 112 Å². The average Bonchev–Trinajstić information content (AvgIpc) is 3.42. The van der Waals surface area contributed by atoms with Crippen molar-refractivity contribution in [1.82, 2.24) is 15.1 Å². The van der Waals surface area contributed by atoms with Crippen molar-refractivity contribution < 1.29 is 22.7 Å². The Bertz CT molecular complexity index is 1470. The number of rotatable bonds is 7. The van der Waals surface area contributed by atoms with Crippen molar-refractivity contribution in [2.24, 2.45) is 0 Å². The number of anilines is 1. The first kappa shape index (κ1) is 22.5. The van der Waals surface area contributed by atoms with E-state index in [0.717, 1.165) is 11.3 Å². The first-order valence-corrected chi connectivity index (χ1v) is 12.4. The maximum absolute atomic E-state index is 12.9. The number of nitrogens with zero attached hydrogens (tertiary/aromatic N) is 2. The van der Waals surface area contributed by atoms with Gasteiger partial charge in [0.2, 0.25) is 0 Å². The minimum absolute atomic E-state index is 0.0341. The predicted octanol–water partition coefficient (Wildman–Crippen LogP) is 3.37. The lowest BCUT2D eigenvalue weighted by atomic mass is 10.1. The molecule has 0 bridgehead atoms. The third-order valence-electron chi connectivity index (χ3n) is 5.38. The Morgan fingerprint density at radius 1 is 0.943 bits per heavy atom. The molecule has 3 aromatic carbocycles. The van der Waals surface area contributed by atoms with E-state index in [1.165, 1.54) is 18.2 Å². The number of carbonyl (C=O) groups excluding carboxylic acids is 1. The molecule has 10 heteroatoms. The summed E-state index contributed by atoms with van der Waals surface area (Å²) in [5, 5.41) is 7.14. The van der Waals surface area contributed by atoms with E-state index in [-0.39, 0.29) is 23.0 Å². The maximum Gasteiger partial charge on any atom is 0.262 e. The molecule has 1 aliphatic rings. The van der Waals surface area contributed by atoms with Crippen molar-refractivity contribution in [2.45, 2.75) is 11.4 Å². The molecular weight excluding hydrogens is 468 g/mol. The van der Waals surface area contributed by atoms with Gasteiger partial charge in [0.15, 0.2) is 11.5 Å². The number of fused-ring (bicyclic) bond motifs is 1. The van der Waals surface area contributed by atoms with Crippen LogP contribution in [0, 0.1) is 0 Å². The molecule has 0 atom stereocenters. The fraction of sp³-hybridized carbons (Fsp3) is 0.120. The molecule has 0 saturated heterocycles. The summed E-state index contributed by atoms with van der Waals surface area (Å²) < 4.78 is 41.0. The highest BCUT2D eigenvalue weighted by Crippen LogP contribution is 2.32. The summed E-state index contributed by atoms with van der Waals surface area (Å²) in [4.78, 5) is 12.9. The Hall–Kier alpha value is -4.31. The summed E-state index contributed by atoms with van der Waals surface area (Å²) in [7, 11) is -3.90. The van der Waals surface area contributed by atoms with Crippen molar-refractivity contribution in [1.29, 1.82) is 0 Å². The first-order valence-electron chi connectivity index (χ1n) is 10.9. The van der Waals surface area contributed by atoms with E-state index >= 15 is 0 Å². The van der Waals surface area contributed by atoms with Crippen molar-refractivity contribution in [3.8, 4) is 17.2 Å². The summed E-state index contributed by atoms with van der Waals surface area (Å²) in [5.41, 5.74) is 2.34. The Balaban J connectivity index is 1.29. The SMILES string of the molecule is O=C(NCc1ccccc1-n1cccn1)c1cccc(NS(=O)(=O)c2ccc3c(c2)OCCO3)c1. The van der Waals surface area contributed by atoms with Gasteiger partial charge in [-0.05, 0) is 48.0 Å². The summed E-state index contributed by atoms with van der Waals surface area (Å²) in [5.74, 6) is 0.547. The Labute approximate surface area is 202 Å². The van der Waals surface area contributed by atoms with Gasteiger partial charge in [-0.2, -0.15) is 5.10 Å². The number of amides is 1. The minimum atomic E-state index is -3.90. The van der Waals surface area contributed by atoms with Crippen LogP contribution < -0.4 is 19.5 Å². The van der Waals surface area contributed by atoms with E-state index in [1.54, 1.807) is 35.1 Å². The Morgan fingerprint density at radius 3 is 2.60 bits per heavy atom. The summed E-state index contributed by atoms with van der Waals surface area (Å²) >= 11 is 0. The number of aromatic nitrogens is 2. The molecule has 0 spiro atoms. The van der Waals surface area contributed by atoms with Gasteiger partial charge in [0.05, 0.1) is 10.6 Å². The van der Waals surface area contributed by atoms with Gasteiger partial charge in [-0.3, -0.25) is 9.52 Å². The molecule has 0 saturated carbocycles. The molecular formula is C25H22N4O5S. The number of carbonyl (C=O) groups is 1. The van der Waals surface area contributed by atoms with Gasteiger partial charge in [-0.15, -0.1) is 0 Å². The molecule has 1 aromatic heterocycles. The normalized spacial score (nSPS) is 12.7. The lowest BCUT2D eigenvalue weighted by molar-refractivity contribution is 0.0951. The highest BCUT2D eigenvalue weighted by atomic mass is 32.2. The zero-order chi connectivity index (χ0) is 24.3. The van der Waals surface area contributed by atoms with E-state index in [1.807, 2.05) is 36.5 Å². The lowest BCUT2D eigenvalue weighted by Crippen LogP contribution is -2.24. The molecule has 1 amide bonds. The molecule has 0 fully saturated rings. The van der Waals surface area contributed by atoms with Gasteiger partial charge in [-0.1, -0.05) is 24.3 Å². The van der Waals surface area contributed by atoms with Crippen LogP contribution in [0.25, 0.3) is 5.69 Å². The number of ether oxygens (including phenoxy) is 2. The van der Waals surface area contributed by atoms with Crippen LogP contribution >= 0.6 is 0 Å². The van der Waals surface area contributed by atoms with Crippen LogP contribution in [0.5, 0.6) is 11.5 Å². The lowest BCUT2D eigenvalue weighted by Gasteiger charge is -2.19. The monoisotopic (exact) mass is 490 g/mol. The second-order valence-corrected chi connectivity index (χ2v) is 9.44. The van der Waals surface area contributed by atoms with E-state index in [9.17, 15) is 13.2 Å². The fourth-order valence-corrected chi connectivity index (χ4v) is 4.77. The predicted molar refractivity (Wildman–Crippen MR) is 129 cm³/mol. The third-order valence-corrected chi connectivity index (χ3v) is 6.76. The molecule has 35 heavy (non-hydrogen) atoms. The van der Waals surface area contributed by atoms with E-state index in [4.69, 9.17) is 9.47 Å². The standard InChI is InChI=1S/C25H22N4O5S/c30-25(26-17-19-5-1-2-8-22(19)29-12-4-11-27-29)18-6-3-7-20(15-18)28-35(31,32)21-9-10-23-24(16-21)34-14-13-33-23/h1-12,15-16,28H,13-14,17H2,(H,26,30). The maximum atomic E-state index is 12.9. The van der Waals surface area contributed by atoms with E-state index in [2.05, 4.69) is 15.1 Å². The second kappa shape index (κ2) is 9.51. The Kier molecular flexibility index (Phi) is 6.11. The van der Waals surface area contributed by atoms with Gasteiger partial charge in [0.1, 0.15) is 13.2 Å². The Morgan fingerprint density at radius 2 is 1.77 bits per heavy atom. The van der Waals surface area contributed by atoms with Crippen LogP contribution in [-0.2, 0) is 16.6 Å². The smallest absolute Gasteiger partial charge is 0.262 e. The summed E-state index contributed by atoms with van der Waals surface area (Å²) in [6.07, 6.45) is 3.52. The van der Waals surface area contributed by atoms with Crippen LogP contribution in [0.1, 0.15) is 15.9 Å². The highest BCUT2D eigenvalue weighted by Gasteiger charge is 2.20. The molecule has 0 unspecified atom stereocenters. The van der Waals surface area contributed by atoms with Crippen LogP contribution in [0.4, 0.5) is 5.69 Å². The molecule has 1 aliphatic heterocycles. The van der Waals surface area contributed by atoms with Gasteiger partial charge >= 0.3 is 0 Å². The van der Waals surface area contributed by atoms with Gasteiger partial charge in [0, 0.05) is 36.3 Å². The number of sulfonamides is 1. The first-order chi connectivity index (χ1) is 17.0. The highest BCUT2D eigenvalue weighted by molar-refractivity contribution is 7.92. The molecule has 178 valence electrons. The molecule has 0 aliphatic carbocycles. The van der Waals surface area contributed by atoms with Crippen molar-refractivity contribution >= 4 is 21.6 Å². The molecule has 2 N–H and O–H groups in total. The molecule has 2 heterocycles. The van der Waals surface area contributed by atoms with E-state index in [0.29, 0.717) is 30.3 Å². The number of hydrogen-bond acceptors (Lipinski definition) is 6.